The van der Waals surface area contributed by atoms with Crippen LogP contribution in [0.25, 0.3) is 0 Å². The maximum Gasteiger partial charge on any atom is 0.407 e. The van der Waals surface area contributed by atoms with Gasteiger partial charge in [0.15, 0.2) is 0 Å². The van der Waals surface area contributed by atoms with Crippen LogP contribution in [0.5, 0.6) is 0 Å². The Bertz CT molecular complexity index is 528. The SMILES string of the molecule is CC.CC/C(=N\N(C)CC(F)(F)F)c1cccc(C(=O)NC)c1. The van der Waals surface area contributed by atoms with Crippen molar-refractivity contribution in [2.24, 2.45) is 5.10 Å². The van der Waals surface area contributed by atoms with Gasteiger partial charge in [-0.25, -0.2) is 0 Å². The van der Waals surface area contributed by atoms with Crippen LogP contribution in [-0.2, 0) is 0 Å². The predicted octanol–water partition coefficient (Wildman–Crippen LogP) is 3.68. The summed E-state index contributed by atoms with van der Waals surface area (Å²) >= 11 is 0. The second kappa shape index (κ2) is 9.86. The molecule has 1 amide bonds. The lowest BCUT2D eigenvalue weighted by Gasteiger charge is -2.17. The number of hydrogen-bond acceptors (Lipinski definition) is 3. The molecule has 0 aliphatic carbocycles. The van der Waals surface area contributed by atoms with Crippen LogP contribution in [0.4, 0.5) is 13.2 Å². The van der Waals surface area contributed by atoms with Gasteiger partial charge in [0.05, 0.1) is 5.71 Å². The van der Waals surface area contributed by atoms with E-state index in [4.69, 9.17) is 0 Å². The van der Waals surface area contributed by atoms with Crippen molar-refractivity contribution in [3.8, 4) is 0 Å². The fraction of sp³-hybridized carbons (Fsp3) is 0.500. The molecule has 0 unspecified atom stereocenters. The smallest absolute Gasteiger partial charge is 0.355 e. The number of carbonyl (C=O) groups excluding carboxylic acids is 1. The molecule has 1 aromatic carbocycles. The normalized spacial score (nSPS) is 11.4. The van der Waals surface area contributed by atoms with E-state index in [9.17, 15) is 18.0 Å². The molecule has 1 aromatic rings. The van der Waals surface area contributed by atoms with Gasteiger partial charge in [-0.05, 0) is 24.1 Å². The molecule has 23 heavy (non-hydrogen) atoms. The van der Waals surface area contributed by atoms with E-state index in [1.165, 1.54) is 14.1 Å². The van der Waals surface area contributed by atoms with E-state index < -0.39 is 12.7 Å². The third-order valence-electron chi connectivity index (χ3n) is 2.72. The minimum atomic E-state index is -4.30. The lowest BCUT2D eigenvalue weighted by Crippen LogP contribution is -2.28. The lowest BCUT2D eigenvalue weighted by molar-refractivity contribution is -0.142. The summed E-state index contributed by atoms with van der Waals surface area (Å²) in [5.41, 5.74) is 1.56. The van der Waals surface area contributed by atoms with Crippen molar-refractivity contribution in [3.05, 3.63) is 35.4 Å². The van der Waals surface area contributed by atoms with Crippen LogP contribution in [0.3, 0.4) is 0 Å². The van der Waals surface area contributed by atoms with Gasteiger partial charge in [-0.15, -0.1) is 0 Å². The average molecular weight is 331 g/mol. The standard InChI is InChI=1S/C14H18F3N3O.C2H6/c1-4-12(19-20(3)9-14(15,16)17)10-6-5-7-11(8-10)13(21)18-2;1-2/h5-8H,4,9H2,1-3H3,(H,18,21);1-2H3/b19-12+;. The molecule has 0 radical (unpaired) electrons. The van der Waals surface area contributed by atoms with Crippen LogP contribution in [0.15, 0.2) is 29.4 Å². The van der Waals surface area contributed by atoms with Gasteiger partial charge >= 0.3 is 6.18 Å². The van der Waals surface area contributed by atoms with Gasteiger partial charge in [-0.3, -0.25) is 9.80 Å². The molecule has 0 spiro atoms. The van der Waals surface area contributed by atoms with Crippen LogP contribution in [0, 0.1) is 0 Å². The van der Waals surface area contributed by atoms with Crippen LogP contribution < -0.4 is 5.32 Å². The van der Waals surface area contributed by atoms with Gasteiger partial charge in [0.1, 0.15) is 6.54 Å². The van der Waals surface area contributed by atoms with Crippen LogP contribution in [0.1, 0.15) is 43.1 Å². The average Bonchev–Trinajstić information content (AvgIpc) is 2.52. The highest BCUT2D eigenvalue weighted by Gasteiger charge is 2.29. The molecule has 130 valence electrons. The second-order valence-corrected chi connectivity index (χ2v) is 4.49. The first kappa shape index (κ1) is 20.9. The monoisotopic (exact) mass is 331 g/mol. The summed E-state index contributed by atoms with van der Waals surface area (Å²) < 4.78 is 36.9. The zero-order chi connectivity index (χ0) is 18.0. The predicted molar refractivity (Wildman–Crippen MR) is 86.7 cm³/mol. The summed E-state index contributed by atoms with van der Waals surface area (Å²) in [6.45, 7) is 4.68. The van der Waals surface area contributed by atoms with Crippen LogP contribution >= 0.6 is 0 Å². The molecule has 0 aliphatic rings. The second-order valence-electron chi connectivity index (χ2n) is 4.49. The van der Waals surface area contributed by atoms with Crippen molar-refractivity contribution in [2.45, 2.75) is 33.4 Å². The number of hydrazone groups is 1. The van der Waals surface area contributed by atoms with Crippen molar-refractivity contribution in [3.63, 3.8) is 0 Å². The van der Waals surface area contributed by atoms with Gasteiger partial charge in [0, 0.05) is 19.7 Å². The minimum Gasteiger partial charge on any atom is -0.355 e. The maximum absolute atomic E-state index is 12.3. The third-order valence-corrected chi connectivity index (χ3v) is 2.72. The lowest BCUT2D eigenvalue weighted by atomic mass is 10.0. The molecule has 0 aromatic heterocycles. The van der Waals surface area contributed by atoms with Gasteiger partial charge in [0.25, 0.3) is 5.91 Å². The number of nitrogens with zero attached hydrogens (tertiary/aromatic N) is 2. The zero-order valence-corrected chi connectivity index (χ0v) is 14.2. The molecular weight excluding hydrogens is 307 g/mol. The Morgan fingerprint density at radius 3 is 2.30 bits per heavy atom. The first-order valence-electron chi connectivity index (χ1n) is 7.44. The largest absolute Gasteiger partial charge is 0.407 e. The molecular formula is C16H24F3N3O. The molecule has 0 bridgehead atoms. The van der Waals surface area contributed by atoms with Crippen LogP contribution in [-0.4, -0.2) is 43.4 Å². The number of alkyl halides is 3. The number of amides is 1. The first-order valence-corrected chi connectivity index (χ1v) is 7.44. The summed E-state index contributed by atoms with van der Waals surface area (Å²) in [4.78, 5) is 11.6. The Balaban J connectivity index is 0.00000232. The maximum atomic E-state index is 12.3. The highest BCUT2D eigenvalue weighted by atomic mass is 19.4. The Labute approximate surface area is 135 Å². The van der Waals surface area contributed by atoms with Crippen molar-refractivity contribution in [1.29, 1.82) is 0 Å². The van der Waals surface area contributed by atoms with Gasteiger partial charge in [-0.2, -0.15) is 18.3 Å². The van der Waals surface area contributed by atoms with E-state index in [0.29, 0.717) is 23.3 Å². The molecule has 0 heterocycles. The summed E-state index contributed by atoms with van der Waals surface area (Å²) in [6, 6.07) is 6.64. The van der Waals surface area contributed by atoms with Crippen LogP contribution in [0.2, 0.25) is 0 Å². The minimum absolute atomic E-state index is 0.254. The molecule has 4 nitrogen and oxygen atoms in total. The van der Waals surface area contributed by atoms with E-state index >= 15 is 0 Å². The number of halogens is 3. The highest BCUT2D eigenvalue weighted by Crippen LogP contribution is 2.16. The van der Waals surface area contributed by atoms with E-state index in [0.717, 1.165) is 5.01 Å². The summed E-state index contributed by atoms with van der Waals surface area (Å²) in [7, 11) is 2.78. The van der Waals surface area contributed by atoms with Gasteiger partial charge < -0.3 is 5.32 Å². The Hall–Kier alpha value is -2.05. The number of nitrogens with one attached hydrogen (secondary N) is 1. The number of rotatable bonds is 5. The molecule has 1 N–H and O–H groups in total. The Morgan fingerprint density at radius 2 is 1.83 bits per heavy atom. The third kappa shape index (κ3) is 7.67. The molecule has 0 atom stereocenters. The van der Waals surface area contributed by atoms with E-state index in [-0.39, 0.29) is 5.91 Å². The Morgan fingerprint density at radius 1 is 1.26 bits per heavy atom. The Kier molecular flexibility index (Phi) is 8.98. The van der Waals surface area contributed by atoms with Crippen molar-refractivity contribution in [2.75, 3.05) is 20.6 Å². The summed E-state index contributed by atoms with van der Waals surface area (Å²) in [6.07, 6.45) is -3.85. The number of benzene rings is 1. The molecule has 7 heteroatoms. The zero-order valence-electron chi connectivity index (χ0n) is 14.2. The van der Waals surface area contributed by atoms with Crippen molar-refractivity contribution < 1.29 is 18.0 Å². The molecule has 0 saturated carbocycles. The first-order chi connectivity index (χ1) is 10.8. The summed E-state index contributed by atoms with van der Waals surface area (Å²) in [5, 5.41) is 7.33. The van der Waals surface area contributed by atoms with E-state index in [1.54, 1.807) is 31.2 Å². The van der Waals surface area contributed by atoms with Crippen molar-refractivity contribution >= 4 is 11.6 Å². The molecule has 0 fully saturated rings. The number of carbonyl (C=O) groups is 1. The van der Waals surface area contributed by atoms with E-state index in [1.807, 2.05) is 13.8 Å². The number of hydrogen-bond donors (Lipinski definition) is 1. The molecule has 1 rings (SSSR count). The van der Waals surface area contributed by atoms with Crippen molar-refractivity contribution in [1.82, 2.24) is 10.3 Å². The van der Waals surface area contributed by atoms with E-state index in [2.05, 4.69) is 10.4 Å². The topological polar surface area (TPSA) is 44.7 Å². The molecule has 0 saturated heterocycles. The fourth-order valence-corrected chi connectivity index (χ4v) is 1.82. The van der Waals surface area contributed by atoms with Gasteiger partial charge in [0.2, 0.25) is 0 Å². The van der Waals surface area contributed by atoms with Gasteiger partial charge in [-0.1, -0.05) is 32.9 Å². The highest BCUT2D eigenvalue weighted by molar-refractivity contribution is 6.03. The molecule has 0 aliphatic heterocycles. The summed E-state index contributed by atoms with van der Waals surface area (Å²) in [5.74, 6) is -0.254. The fourth-order valence-electron chi connectivity index (χ4n) is 1.82. The quantitative estimate of drug-likeness (QED) is 0.661.